The van der Waals surface area contributed by atoms with Gasteiger partial charge in [-0.05, 0) is 51.3 Å². The molecule has 1 aromatic heterocycles. The molecule has 1 aliphatic heterocycles. The molecular formula is C16H27N3O. The lowest BCUT2D eigenvalue weighted by molar-refractivity contribution is 0.326. The van der Waals surface area contributed by atoms with E-state index in [1.807, 2.05) is 19.1 Å². The smallest absolute Gasteiger partial charge is 0.215 e. The molecule has 1 fully saturated rings. The van der Waals surface area contributed by atoms with Gasteiger partial charge >= 0.3 is 0 Å². The van der Waals surface area contributed by atoms with Crippen molar-refractivity contribution in [1.29, 1.82) is 0 Å². The minimum Gasteiger partial charge on any atom is -0.478 e. The zero-order valence-electron chi connectivity index (χ0n) is 12.8. The van der Waals surface area contributed by atoms with Crippen LogP contribution in [0.4, 0.5) is 5.82 Å². The molecule has 2 heterocycles. The van der Waals surface area contributed by atoms with Crippen molar-refractivity contribution in [2.45, 2.75) is 33.1 Å². The second kappa shape index (κ2) is 8.10. The first-order chi connectivity index (χ1) is 9.83. The maximum Gasteiger partial charge on any atom is 0.215 e. The quantitative estimate of drug-likeness (QED) is 0.778. The molecule has 2 rings (SSSR count). The van der Waals surface area contributed by atoms with Gasteiger partial charge in [-0.1, -0.05) is 13.0 Å². The lowest BCUT2D eigenvalue weighted by Gasteiger charge is -2.33. The Morgan fingerprint density at radius 2 is 2.30 bits per heavy atom. The second-order valence-electron chi connectivity index (χ2n) is 5.43. The van der Waals surface area contributed by atoms with Gasteiger partial charge < -0.3 is 15.0 Å². The van der Waals surface area contributed by atoms with Crippen molar-refractivity contribution in [1.82, 2.24) is 10.3 Å². The Bertz CT molecular complexity index is 397. The topological polar surface area (TPSA) is 37.4 Å². The van der Waals surface area contributed by atoms with Crippen molar-refractivity contribution < 1.29 is 4.74 Å². The van der Waals surface area contributed by atoms with Gasteiger partial charge in [-0.2, -0.15) is 4.98 Å². The maximum atomic E-state index is 5.49. The average Bonchev–Trinajstić information content (AvgIpc) is 2.49. The fraction of sp³-hybridized carbons (Fsp3) is 0.688. The molecule has 0 amide bonds. The highest BCUT2D eigenvalue weighted by Crippen LogP contribution is 2.23. The standard InChI is InChI=1S/C16H27N3O/c1-3-10-17-12-14-7-6-11-19(13-14)15-8-5-9-16(18-15)20-4-2/h5,8-9,14,17H,3-4,6-7,10-13H2,1-2H3. The zero-order chi connectivity index (χ0) is 14.2. The molecule has 1 unspecified atom stereocenters. The van der Waals surface area contributed by atoms with Crippen LogP contribution in [-0.4, -0.2) is 37.8 Å². The third-order valence-corrected chi connectivity index (χ3v) is 3.70. The van der Waals surface area contributed by atoms with Gasteiger partial charge in [0.1, 0.15) is 5.82 Å². The summed E-state index contributed by atoms with van der Waals surface area (Å²) in [6.07, 6.45) is 3.77. The minimum absolute atomic E-state index is 0.667. The largest absolute Gasteiger partial charge is 0.478 e. The Labute approximate surface area is 122 Å². The van der Waals surface area contributed by atoms with Gasteiger partial charge in [0.15, 0.2) is 0 Å². The van der Waals surface area contributed by atoms with Gasteiger partial charge in [0.2, 0.25) is 5.88 Å². The first-order valence-corrected chi connectivity index (χ1v) is 7.89. The molecule has 20 heavy (non-hydrogen) atoms. The third-order valence-electron chi connectivity index (χ3n) is 3.70. The number of ether oxygens (including phenoxy) is 1. The molecule has 4 nitrogen and oxygen atoms in total. The summed E-state index contributed by atoms with van der Waals surface area (Å²) < 4.78 is 5.49. The monoisotopic (exact) mass is 277 g/mol. The average molecular weight is 277 g/mol. The summed E-state index contributed by atoms with van der Waals surface area (Å²) in [5, 5.41) is 3.54. The molecule has 0 aliphatic carbocycles. The highest BCUT2D eigenvalue weighted by molar-refractivity contribution is 5.41. The van der Waals surface area contributed by atoms with Crippen LogP contribution < -0.4 is 15.0 Å². The zero-order valence-corrected chi connectivity index (χ0v) is 12.8. The SMILES string of the molecule is CCCNCC1CCCN(c2cccc(OCC)n2)C1. The van der Waals surface area contributed by atoms with Crippen LogP contribution in [0.25, 0.3) is 0 Å². The van der Waals surface area contributed by atoms with Crippen LogP contribution in [0.3, 0.4) is 0 Å². The summed E-state index contributed by atoms with van der Waals surface area (Å²) >= 11 is 0. The summed E-state index contributed by atoms with van der Waals surface area (Å²) in [5.41, 5.74) is 0. The fourth-order valence-corrected chi connectivity index (χ4v) is 2.73. The van der Waals surface area contributed by atoms with E-state index >= 15 is 0 Å². The lowest BCUT2D eigenvalue weighted by atomic mass is 9.98. The number of aromatic nitrogens is 1. The number of nitrogens with one attached hydrogen (secondary N) is 1. The normalized spacial score (nSPS) is 19.1. The molecule has 1 atom stereocenters. The van der Waals surface area contributed by atoms with Crippen LogP contribution in [0.15, 0.2) is 18.2 Å². The van der Waals surface area contributed by atoms with E-state index in [1.54, 1.807) is 0 Å². The van der Waals surface area contributed by atoms with Crippen molar-refractivity contribution >= 4 is 5.82 Å². The number of piperidine rings is 1. The predicted molar refractivity (Wildman–Crippen MR) is 83.5 cm³/mol. The molecule has 1 aliphatic rings. The summed E-state index contributed by atoms with van der Waals surface area (Å²) in [5.74, 6) is 2.51. The lowest BCUT2D eigenvalue weighted by Crippen LogP contribution is -2.40. The van der Waals surface area contributed by atoms with Gasteiger partial charge in [0.05, 0.1) is 6.61 Å². The third kappa shape index (κ3) is 4.37. The van der Waals surface area contributed by atoms with Crippen LogP contribution >= 0.6 is 0 Å². The van der Waals surface area contributed by atoms with E-state index in [0.29, 0.717) is 6.61 Å². The molecule has 1 aromatic rings. The van der Waals surface area contributed by atoms with Gasteiger partial charge in [0, 0.05) is 19.2 Å². The number of hydrogen-bond donors (Lipinski definition) is 1. The van der Waals surface area contributed by atoms with E-state index in [0.717, 1.165) is 43.8 Å². The summed E-state index contributed by atoms with van der Waals surface area (Å²) in [7, 11) is 0. The van der Waals surface area contributed by atoms with E-state index in [1.165, 1.54) is 19.3 Å². The van der Waals surface area contributed by atoms with E-state index in [9.17, 15) is 0 Å². The van der Waals surface area contributed by atoms with E-state index < -0.39 is 0 Å². The Hall–Kier alpha value is -1.29. The van der Waals surface area contributed by atoms with Crippen molar-refractivity contribution in [2.24, 2.45) is 5.92 Å². The van der Waals surface area contributed by atoms with Gasteiger partial charge in [-0.25, -0.2) is 0 Å². The molecular weight excluding hydrogens is 250 g/mol. The Morgan fingerprint density at radius 1 is 1.40 bits per heavy atom. The maximum absolute atomic E-state index is 5.49. The van der Waals surface area contributed by atoms with Crippen molar-refractivity contribution in [3.63, 3.8) is 0 Å². The van der Waals surface area contributed by atoms with Crippen LogP contribution in [0.5, 0.6) is 5.88 Å². The molecule has 1 N–H and O–H groups in total. The van der Waals surface area contributed by atoms with Crippen molar-refractivity contribution in [3.8, 4) is 5.88 Å². The number of rotatable bonds is 7. The molecule has 0 bridgehead atoms. The van der Waals surface area contributed by atoms with Gasteiger partial charge in [-0.15, -0.1) is 0 Å². The molecule has 1 saturated heterocycles. The fourth-order valence-electron chi connectivity index (χ4n) is 2.73. The van der Waals surface area contributed by atoms with Crippen LogP contribution in [0.1, 0.15) is 33.1 Å². The Kier molecular flexibility index (Phi) is 6.12. The molecule has 0 radical (unpaired) electrons. The van der Waals surface area contributed by atoms with Crippen molar-refractivity contribution in [2.75, 3.05) is 37.7 Å². The van der Waals surface area contributed by atoms with Gasteiger partial charge in [0.25, 0.3) is 0 Å². The molecule has 0 saturated carbocycles. The molecule has 4 heteroatoms. The Morgan fingerprint density at radius 3 is 3.10 bits per heavy atom. The first kappa shape index (κ1) is 15.1. The van der Waals surface area contributed by atoms with Gasteiger partial charge in [-0.3, -0.25) is 0 Å². The predicted octanol–water partition coefficient (Wildman–Crippen LogP) is 2.70. The number of hydrogen-bond acceptors (Lipinski definition) is 4. The number of nitrogens with zero attached hydrogens (tertiary/aromatic N) is 2. The van der Waals surface area contributed by atoms with E-state index in [-0.39, 0.29) is 0 Å². The molecule has 0 aromatic carbocycles. The summed E-state index contributed by atoms with van der Waals surface area (Å²) in [6.45, 7) is 9.31. The highest BCUT2D eigenvalue weighted by Gasteiger charge is 2.20. The molecule has 0 spiro atoms. The summed E-state index contributed by atoms with van der Waals surface area (Å²) in [4.78, 5) is 6.99. The highest BCUT2D eigenvalue weighted by atomic mass is 16.5. The van der Waals surface area contributed by atoms with Crippen LogP contribution in [-0.2, 0) is 0 Å². The van der Waals surface area contributed by atoms with Crippen LogP contribution in [0.2, 0.25) is 0 Å². The first-order valence-electron chi connectivity index (χ1n) is 7.89. The van der Waals surface area contributed by atoms with E-state index in [2.05, 4.69) is 28.2 Å². The Balaban J connectivity index is 1.92. The number of anilines is 1. The molecule has 112 valence electrons. The van der Waals surface area contributed by atoms with Crippen molar-refractivity contribution in [3.05, 3.63) is 18.2 Å². The second-order valence-corrected chi connectivity index (χ2v) is 5.43. The van der Waals surface area contributed by atoms with Crippen LogP contribution in [0, 0.1) is 5.92 Å². The van der Waals surface area contributed by atoms with E-state index in [4.69, 9.17) is 4.74 Å². The summed E-state index contributed by atoms with van der Waals surface area (Å²) in [6, 6.07) is 6.05. The minimum atomic E-state index is 0.667. The number of pyridine rings is 1.